The number of rotatable bonds is 5. The van der Waals surface area contributed by atoms with Crippen molar-refractivity contribution >= 4 is 27.5 Å². The molecule has 0 radical (unpaired) electrons. The smallest absolute Gasteiger partial charge is 0.241 e. The third kappa shape index (κ3) is 4.37. The van der Waals surface area contributed by atoms with Gasteiger partial charge in [0.05, 0.1) is 23.1 Å². The van der Waals surface area contributed by atoms with E-state index in [0.29, 0.717) is 18.8 Å². The van der Waals surface area contributed by atoms with Gasteiger partial charge in [0.15, 0.2) is 0 Å². The molecule has 0 bridgehead atoms. The van der Waals surface area contributed by atoms with Gasteiger partial charge in [-0.2, -0.15) is 4.72 Å². The summed E-state index contributed by atoms with van der Waals surface area (Å²) < 4.78 is 32.2. The van der Waals surface area contributed by atoms with Crippen LogP contribution in [0.1, 0.15) is 26.2 Å². The standard InChI is InChI=1S/C15H21ClN2O4S/c1-11(15(19)18-8-4-3-5-9-18)17-23(20,21)12-6-7-14(22-2)13(16)10-12/h6-7,10-11,17H,3-5,8-9H2,1-2H3/t11-/m1/s1. The molecule has 6 nitrogen and oxygen atoms in total. The number of likely N-dealkylation sites (tertiary alicyclic amines) is 1. The summed E-state index contributed by atoms with van der Waals surface area (Å²) in [6.45, 7) is 2.91. The third-order valence-electron chi connectivity index (χ3n) is 3.80. The minimum atomic E-state index is -3.83. The van der Waals surface area contributed by atoms with Crippen LogP contribution in [0.15, 0.2) is 23.1 Å². The lowest BCUT2D eigenvalue weighted by atomic mass is 10.1. The first-order valence-corrected chi connectivity index (χ1v) is 9.36. The first kappa shape index (κ1) is 18.0. The number of hydrogen-bond donors (Lipinski definition) is 1. The van der Waals surface area contributed by atoms with Gasteiger partial charge in [0.25, 0.3) is 0 Å². The molecule has 1 heterocycles. The second-order valence-corrected chi connectivity index (χ2v) is 7.65. The molecule has 1 atom stereocenters. The summed E-state index contributed by atoms with van der Waals surface area (Å²) in [4.78, 5) is 14.0. The number of benzene rings is 1. The summed E-state index contributed by atoms with van der Waals surface area (Å²) in [7, 11) is -2.38. The van der Waals surface area contributed by atoms with E-state index in [4.69, 9.17) is 16.3 Å². The van der Waals surface area contributed by atoms with E-state index in [-0.39, 0.29) is 15.8 Å². The van der Waals surface area contributed by atoms with E-state index in [1.165, 1.54) is 25.3 Å². The summed E-state index contributed by atoms with van der Waals surface area (Å²) >= 11 is 5.96. The SMILES string of the molecule is COc1ccc(S(=O)(=O)N[C@H](C)C(=O)N2CCCCC2)cc1Cl. The third-order valence-corrected chi connectivity index (χ3v) is 5.64. The van der Waals surface area contributed by atoms with E-state index in [0.717, 1.165) is 19.3 Å². The lowest BCUT2D eigenvalue weighted by Crippen LogP contribution is -2.48. The fourth-order valence-electron chi connectivity index (χ4n) is 2.55. The zero-order chi connectivity index (χ0) is 17.0. The number of amides is 1. The van der Waals surface area contributed by atoms with Gasteiger partial charge in [0.1, 0.15) is 5.75 Å². The molecule has 1 aromatic carbocycles. The molecule has 0 unspecified atom stereocenters. The van der Waals surface area contributed by atoms with Crippen LogP contribution in [0.2, 0.25) is 5.02 Å². The summed E-state index contributed by atoms with van der Waals surface area (Å²) in [6.07, 6.45) is 3.02. The minimum Gasteiger partial charge on any atom is -0.495 e. The molecule has 1 N–H and O–H groups in total. The van der Waals surface area contributed by atoms with Gasteiger partial charge in [-0.05, 0) is 44.4 Å². The minimum absolute atomic E-state index is 0.00148. The van der Waals surface area contributed by atoms with E-state index in [1.807, 2.05) is 0 Å². The van der Waals surface area contributed by atoms with Crippen molar-refractivity contribution in [3.63, 3.8) is 0 Å². The zero-order valence-corrected chi connectivity index (χ0v) is 14.8. The molecular weight excluding hydrogens is 340 g/mol. The van der Waals surface area contributed by atoms with Crippen molar-refractivity contribution in [1.82, 2.24) is 9.62 Å². The maximum absolute atomic E-state index is 12.4. The van der Waals surface area contributed by atoms with Crippen molar-refractivity contribution in [3.8, 4) is 5.75 Å². The van der Waals surface area contributed by atoms with Crippen molar-refractivity contribution < 1.29 is 17.9 Å². The van der Waals surface area contributed by atoms with Crippen LogP contribution in [0.3, 0.4) is 0 Å². The van der Waals surface area contributed by atoms with Crippen molar-refractivity contribution in [2.45, 2.75) is 37.1 Å². The van der Waals surface area contributed by atoms with Gasteiger partial charge < -0.3 is 9.64 Å². The van der Waals surface area contributed by atoms with Gasteiger partial charge in [-0.15, -0.1) is 0 Å². The molecule has 0 spiro atoms. The Morgan fingerprint density at radius 2 is 1.96 bits per heavy atom. The van der Waals surface area contributed by atoms with Crippen molar-refractivity contribution in [3.05, 3.63) is 23.2 Å². The number of carbonyl (C=O) groups excluding carboxylic acids is 1. The molecule has 1 aromatic rings. The molecule has 1 fully saturated rings. The Kier molecular flexibility index (Phi) is 5.89. The normalized spacial score (nSPS) is 16.9. The molecule has 2 rings (SSSR count). The van der Waals surface area contributed by atoms with Crippen LogP contribution in [0.4, 0.5) is 0 Å². The van der Waals surface area contributed by atoms with Gasteiger partial charge in [-0.1, -0.05) is 11.6 Å². The predicted octanol–water partition coefficient (Wildman–Crippen LogP) is 2.03. The van der Waals surface area contributed by atoms with Crippen molar-refractivity contribution in [2.24, 2.45) is 0 Å². The van der Waals surface area contributed by atoms with Crippen molar-refractivity contribution in [1.29, 1.82) is 0 Å². The Morgan fingerprint density at radius 1 is 1.30 bits per heavy atom. The number of methoxy groups -OCH3 is 1. The van der Waals surface area contributed by atoms with Gasteiger partial charge in [0.2, 0.25) is 15.9 Å². The monoisotopic (exact) mass is 360 g/mol. The lowest BCUT2D eigenvalue weighted by Gasteiger charge is -2.29. The Hall–Kier alpha value is -1.31. The molecule has 0 aliphatic carbocycles. The fourth-order valence-corrected chi connectivity index (χ4v) is 4.10. The maximum atomic E-state index is 12.4. The number of nitrogens with one attached hydrogen (secondary N) is 1. The molecule has 0 aromatic heterocycles. The summed E-state index contributed by atoms with van der Waals surface area (Å²) in [5, 5.41) is 0.199. The number of sulfonamides is 1. The maximum Gasteiger partial charge on any atom is 0.241 e. The van der Waals surface area contributed by atoms with E-state index in [1.54, 1.807) is 11.8 Å². The van der Waals surface area contributed by atoms with E-state index >= 15 is 0 Å². The van der Waals surface area contributed by atoms with Crippen LogP contribution in [0.5, 0.6) is 5.75 Å². The lowest BCUT2D eigenvalue weighted by molar-refractivity contribution is -0.133. The second kappa shape index (κ2) is 7.51. The number of ether oxygens (including phenoxy) is 1. The summed E-state index contributed by atoms with van der Waals surface area (Å²) in [6, 6.07) is 3.36. The van der Waals surface area contributed by atoms with E-state index in [2.05, 4.69) is 4.72 Å². The molecule has 1 saturated heterocycles. The number of hydrogen-bond acceptors (Lipinski definition) is 4. The topological polar surface area (TPSA) is 75.7 Å². The molecule has 1 amide bonds. The first-order valence-electron chi connectivity index (χ1n) is 7.50. The highest BCUT2D eigenvalue weighted by Crippen LogP contribution is 2.27. The molecule has 1 aliphatic heterocycles. The average Bonchev–Trinajstić information content (AvgIpc) is 2.54. The first-order chi connectivity index (χ1) is 10.8. The van der Waals surface area contributed by atoms with Gasteiger partial charge in [-0.3, -0.25) is 4.79 Å². The van der Waals surface area contributed by atoms with E-state index in [9.17, 15) is 13.2 Å². The van der Waals surface area contributed by atoms with Crippen LogP contribution in [0, 0.1) is 0 Å². The Morgan fingerprint density at radius 3 is 2.52 bits per heavy atom. The number of nitrogens with zero attached hydrogens (tertiary/aromatic N) is 1. The molecule has 8 heteroatoms. The number of halogens is 1. The molecular formula is C15H21ClN2O4S. The van der Waals surface area contributed by atoms with Crippen LogP contribution < -0.4 is 9.46 Å². The molecule has 1 aliphatic rings. The van der Waals surface area contributed by atoms with Crippen LogP contribution in [-0.4, -0.2) is 45.5 Å². The number of carbonyl (C=O) groups is 1. The number of piperidine rings is 1. The summed E-state index contributed by atoms with van der Waals surface area (Å²) in [5.41, 5.74) is 0. The fraction of sp³-hybridized carbons (Fsp3) is 0.533. The van der Waals surface area contributed by atoms with Gasteiger partial charge in [-0.25, -0.2) is 8.42 Å². The highest BCUT2D eigenvalue weighted by molar-refractivity contribution is 7.89. The highest BCUT2D eigenvalue weighted by atomic mass is 35.5. The molecule has 128 valence electrons. The largest absolute Gasteiger partial charge is 0.495 e. The quantitative estimate of drug-likeness (QED) is 0.871. The van der Waals surface area contributed by atoms with Crippen molar-refractivity contribution in [2.75, 3.05) is 20.2 Å². The van der Waals surface area contributed by atoms with Crippen LogP contribution in [0.25, 0.3) is 0 Å². The van der Waals surface area contributed by atoms with Gasteiger partial charge >= 0.3 is 0 Å². The Balaban J connectivity index is 2.10. The Labute approximate surface area is 141 Å². The average molecular weight is 361 g/mol. The van der Waals surface area contributed by atoms with E-state index < -0.39 is 16.1 Å². The zero-order valence-electron chi connectivity index (χ0n) is 13.2. The highest BCUT2D eigenvalue weighted by Gasteiger charge is 2.27. The summed E-state index contributed by atoms with van der Waals surface area (Å²) in [5.74, 6) is 0.191. The molecule has 23 heavy (non-hydrogen) atoms. The predicted molar refractivity (Wildman–Crippen MR) is 88.2 cm³/mol. The van der Waals surface area contributed by atoms with Crippen LogP contribution >= 0.6 is 11.6 Å². The van der Waals surface area contributed by atoms with Gasteiger partial charge in [0, 0.05) is 13.1 Å². The van der Waals surface area contributed by atoms with Crippen LogP contribution in [-0.2, 0) is 14.8 Å². The Bertz CT molecular complexity index is 672. The molecule has 0 saturated carbocycles. The second-order valence-electron chi connectivity index (χ2n) is 5.53.